The van der Waals surface area contributed by atoms with Gasteiger partial charge in [0.25, 0.3) is 0 Å². The minimum absolute atomic E-state index is 0.208. The van der Waals surface area contributed by atoms with Gasteiger partial charge in [-0.3, -0.25) is 0 Å². The van der Waals surface area contributed by atoms with E-state index in [9.17, 15) is 18.3 Å². The van der Waals surface area contributed by atoms with E-state index in [0.717, 1.165) is 11.3 Å². The maximum atomic E-state index is 12.5. The highest BCUT2D eigenvalue weighted by molar-refractivity contribution is 7.09. The number of hydrogen-bond acceptors (Lipinski definition) is 5. The van der Waals surface area contributed by atoms with Crippen molar-refractivity contribution >= 4 is 17.0 Å². The summed E-state index contributed by atoms with van der Waals surface area (Å²) in [5.41, 5.74) is 0.925. The summed E-state index contributed by atoms with van der Waals surface area (Å²) in [5.74, 6) is 0. The fourth-order valence-electron chi connectivity index (χ4n) is 2.07. The van der Waals surface area contributed by atoms with Gasteiger partial charge in [-0.15, -0.1) is 11.3 Å². The Hall–Kier alpha value is -1.64. The number of thiazole rings is 1. The predicted octanol–water partition coefficient (Wildman–Crippen LogP) is 2.99. The lowest BCUT2D eigenvalue weighted by Crippen LogP contribution is -2.46. The van der Waals surface area contributed by atoms with Gasteiger partial charge in [-0.25, -0.2) is 4.98 Å². The summed E-state index contributed by atoms with van der Waals surface area (Å²) < 4.78 is 42.4. The normalized spacial score (nSPS) is 17.1. The maximum absolute atomic E-state index is 12.5. The van der Waals surface area contributed by atoms with Crippen molar-refractivity contribution in [3.05, 3.63) is 45.9 Å². The molecule has 0 saturated carbocycles. The van der Waals surface area contributed by atoms with Crippen LogP contribution >= 0.6 is 11.3 Å². The van der Waals surface area contributed by atoms with Crippen molar-refractivity contribution in [3.8, 4) is 0 Å². The van der Waals surface area contributed by atoms with Crippen LogP contribution in [0.25, 0.3) is 0 Å². The Morgan fingerprint density at radius 3 is 2.45 bits per heavy atom. The van der Waals surface area contributed by atoms with Crippen molar-refractivity contribution in [2.45, 2.75) is 18.3 Å². The first-order chi connectivity index (χ1) is 10.4. The van der Waals surface area contributed by atoms with Gasteiger partial charge in [-0.1, -0.05) is 12.1 Å². The Bertz CT molecular complexity index is 651. The SMILES string of the molecule is OC1(c2ccc(NCc3csc(C(F)(F)F)n3)cc2)COC1. The summed E-state index contributed by atoms with van der Waals surface area (Å²) in [4.78, 5) is 3.55. The van der Waals surface area contributed by atoms with Gasteiger partial charge in [0, 0.05) is 11.1 Å². The molecular formula is C14H13F3N2O2S. The topological polar surface area (TPSA) is 54.4 Å². The van der Waals surface area contributed by atoms with Gasteiger partial charge in [-0.05, 0) is 17.7 Å². The molecule has 0 aliphatic carbocycles. The highest BCUT2D eigenvalue weighted by Crippen LogP contribution is 2.32. The van der Waals surface area contributed by atoms with Crippen molar-refractivity contribution in [3.63, 3.8) is 0 Å². The highest BCUT2D eigenvalue weighted by Gasteiger charge is 2.37. The van der Waals surface area contributed by atoms with Crippen molar-refractivity contribution < 1.29 is 23.0 Å². The number of hydrogen-bond donors (Lipinski definition) is 2. The fraction of sp³-hybridized carbons (Fsp3) is 0.357. The molecular weight excluding hydrogens is 317 g/mol. The molecule has 1 aromatic heterocycles. The Kier molecular flexibility index (Phi) is 3.84. The van der Waals surface area contributed by atoms with E-state index in [-0.39, 0.29) is 19.8 Å². The van der Waals surface area contributed by atoms with E-state index in [4.69, 9.17) is 4.74 Å². The number of nitrogens with zero attached hydrogens (tertiary/aromatic N) is 1. The molecule has 1 aliphatic rings. The molecule has 0 atom stereocenters. The van der Waals surface area contributed by atoms with Crippen LogP contribution in [0.3, 0.4) is 0 Å². The van der Waals surface area contributed by atoms with Crippen molar-refractivity contribution in [2.75, 3.05) is 18.5 Å². The molecule has 1 aromatic carbocycles. The average Bonchev–Trinajstić information content (AvgIpc) is 2.92. The van der Waals surface area contributed by atoms with E-state index in [0.29, 0.717) is 17.0 Å². The van der Waals surface area contributed by atoms with Gasteiger partial charge < -0.3 is 15.2 Å². The molecule has 2 aromatic rings. The minimum Gasteiger partial charge on any atom is -0.380 e. The molecule has 0 unspecified atom stereocenters. The quantitative estimate of drug-likeness (QED) is 0.905. The third kappa shape index (κ3) is 3.08. The highest BCUT2D eigenvalue weighted by atomic mass is 32.1. The van der Waals surface area contributed by atoms with Crippen LogP contribution < -0.4 is 5.32 Å². The van der Waals surface area contributed by atoms with Crippen molar-refractivity contribution in [2.24, 2.45) is 0 Å². The zero-order chi connectivity index (χ0) is 15.8. The van der Waals surface area contributed by atoms with E-state index in [1.807, 2.05) is 0 Å². The van der Waals surface area contributed by atoms with Crippen LogP contribution in [0.15, 0.2) is 29.6 Å². The third-order valence-corrected chi connectivity index (χ3v) is 4.31. The number of halogens is 3. The van der Waals surface area contributed by atoms with Crippen LogP contribution in [0.1, 0.15) is 16.3 Å². The number of aliphatic hydroxyl groups is 1. The van der Waals surface area contributed by atoms with Crippen LogP contribution in [-0.4, -0.2) is 23.3 Å². The molecule has 1 fully saturated rings. The molecule has 0 radical (unpaired) electrons. The van der Waals surface area contributed by atoms with Gasteiger partial charge in [-0.2, -0.15) is 13.2 Å². The van der Waals surface area contributed by atoms with Gasteiger partial charge in [0.2, 0.25) is 0 Å². The summed E-state index contributed by atoms with van der Waals surface area (Å²) in [6.07, 6.45) is -4.40. The summed E-state index contributed by atoms with van der Waals surface area (Å²) in [7, 11) is 0. The summed E-state index contributed by atoms with van der Waals surface area (Å²) in [5, 5.41) is 13.6. The van der Waals surface area contributed by atoms with E-state index in [2.05, 4.69) is 10.3 Å². The van der Waals surface area contributed by atoms with E-state index < -0.39 is 16.8 Å². The number of anilines is 1. The molecule has 118 valence electrons. The first-order valence-electron chi connectivity index (χ1n) is 6.53. The average molecular weight is 330 g/mol. The number of aromatic nitrogens is 1. The summed E-state index contributed by atoms with van der Waals surface area (Å²) in [6, 6.07) is 7.07. The lowest BCUT2D eigenvalue weighted by molar-refractivity contribution is -0.184. The molecule has 1 aliphatic heterocycles. The standard InChI is InChI=1S/C14H13F3N2O2S/c15-14(16,17)12-19-11(6-22-12)5-18-10-3-1-9(2-4-10)13(20)7-21-8-13/h1-4,6,18,20H,5,7-8H2. The van der Waals surface area contributed by atoms with Crippen LogP contribution in [0, 0.1) is 0 Å². The van der Waals surface area contributed by atoms with Crippen LogP contribution in [0.2, 0.25) is 0 Å². The van der Waals surface area contributed by atoms with Crippen molar-refractivity contribution in [1.82, 2.24) is 4.98 Å². The predicted molar refractivity (Wildman–Crippen MR) is 75.6 cm³/mol. The lowest BCUT2D eigenvalue weighted by Gasteiger charge is -2.36. The fourth-order valence-corrected chi connectivity index (χ4v) is 2.76. The molecule has 2 N–H and O–H groups in total. The molecule has 0 bridgehead atoms. The van der Waals surface area contributed by atoms with E-state index in [1.165, 1.54) is 5.38 Å². The maximum Gasteiger partial charge on any atom is 0.443 e. The number of benzene rings is 1. The first-order valence-corrected chi connectivity index (χ1v) is 7.41. The largest absolute Gasteiger partial charge is 0.443 e. The Morgan fingerprint density at radius 1 is 1.27 bits per heavy atom. The second-order valence-electron chi connectivity index (χ2n) is 5.10. The van der Waals surface area contributed by atoms with Crippen LogP contribution in [0.4, 0.5) is 18.9 Å². The molecule has 1 saturated heterocycles. The molecule has 8 heteroatoms. The number of alkyl halides is 3. The molecule has 0 spiro atoms. The van der Waals surface area contributed by atoms with Gasteiger partial charge in [0.1, 0.15) is 5.60 Å². The Morgan fingerprint density at radius 2 is 1.95 bits per heavy atom. The molecule has 0 amide bonds. The van der Waals surface area contributed by atoms with Crippen LogP contribution in [-0.2, 0) is 23.1 Å². The lowest BCUT2D eigenvalue weighted by atomic mass is 9.92. The zero-order valence-electron chi connectivity index (χ0n) is 11.4. The monoisotopic (exact) mass is 330 g/mol. The Labute approximate surface area is 128 Å². The van der Waals surface area contributed by atoms with Gasteiger partial charge in [0.15, 0.2) is 5.01 Å². The first kappa shape index (κ1) is 15.3. The van der Waals surface area contributed by atoms with E-state index >= 15 is 0 Å². The summed E-state index contributed by atoms with van der Waals surface area (Å²) in [6.45, 7) is 0.761. The molecule has 2 heterocycles. The van der Waals surface area contributed by atoms with Gasteiger partial charge >= 0.3 is 6.18 Å². The summed E-state index contributed by atoms with van der Waals surface area (Å²) >= 11 is 0.585. The molecule has 4 nitrogen and oxygen atoms in total. The van der Waals surface area contributed by atoms with Crippen molar-refractivity contribution in [1.29, 1.82) is 0 Å². The third-order valence-electron chi connectivity index (χ3n) is 3.37. The number of rotatable bonds is 4. The van der Waals surface area contributed by atoms with Gasteiger partial charge in [0.05, 0.1) is 25.5 Å². The smallest absolute Gasteiger partial charge is 0.380 e. The Balaban J connectivity index is 1.61. The second-order valence-corrected chi connectivity index (χ2v) is 5.96. The van der Waals surface area contributed by atoms with E-state index in [1.54, 1.807) is 24.3 Å². The minimum atomic E-state index is -4.40. The molecule has 3 rings (SSSR count). The zero-order valence-corrected chi connectivity index (χ0v) is 12.2. The molecule has 22 heavy (non-hydrogen) atoms. The second kappa shape index (κ2) is 5.53. The van der Waals surface area contributed by atoms with Crippen LogP contribution in [0.5, 0.6) is 0 Å². The number of nitrogens with one attached hydrogen (secondary N) is 1. The number of ether oxygens (including phenoxy) is 1.